The molecule has 0 spiro atoms. The van der Waals surface area contributed by atoms with Gasteiger partial charge in [0.2, 0.25) is 0 Å². The highest BCUT2D eigenvalue weighted by atomic mass is 16.3. The van der Waals surface area contributed by atoms with E-state index >= 15 is 0 Å². The molecule has 1 aromatic heterocycles. The number of aliphatic hydroxyl groups excluding tert-OH is 1. The summed E-state index contributed by atoms with van der Waals surface area (Å²) in [6.45, 7) is 2.14. The van der Waals surface area contributed by atoms with Gasteiger partial charge in [-0.2, -0.15) is 5.10 Å². The van der Waals surface area contributed by atoms with Crippen LogP contribution < -0.4 is 4.90 Å². The van der Waals surface area contributed by atoms with E-state index in [0.717, 1.165) is 18.7 Å². The molecule has 0 bridgehead atoms. The Labute approximate surface area is 112 Å². The molecule has 98 valence electrons. The molecule has 0 amide bonds. The van der Waals surface area contributed by atoms with Crippen LogP contribution in [-0.2, 0) is 13.0 Å². The van der Waals surface area contributed by atoms with Crippen molar-refractivity contribution in [1.82, 2.24) is 10.2 Å². The Kier molecular flexibility index (Phi) is 3.17. The van der Waals surface area contributed by atoms with Gasteiger partial charge in [0.15, 0.2) is 5.82 Å². The molecule has 0 saturated carbocycles. The zero-order valence-corrected chi connectivity index (χ0v) is 11.0. The van der Waals surface area contributed by atoms with Gasteiger partial charge >= 0.3 is 0 Å². The van der Waals surface area contributed by atoms with Crippen LogP contribution in [0.1, 0.15) is 24.6 Å². The second kappa shape index (κ2) is 4.97. The van der Waals surface area contributed by atoms with Crippen LogP contribution in [0.25, 0.3) is 0 Å². The van der Waals surface area contributed by atoms with E-state index in [4.69, 9.17) is 5.11 Å². The van der Waals surface area contributed by atoms with Crippen LogP contribution in [0.3, 0.4) is 0 Å². The number of para-hydroxylation sites is 1. The number of benzene rings is 1. The normalized spacial score (nSPS) is 18.2. The predicted molar refractivity (Wildman–Crippen MR) is 74.3 cm³/mol. The van der Waals surface area contributed by atoms with E-state index in [-0.39, 0.29) is 6.61 Å². The fraction of sp³-hybridized carbons (Fsp3) is 0.333. The third kappa shape index (κ3) is 2.19. The number of nitrogens with zero attached hydrogens (tertiary/aromatic N) is 3. The van der Waals surface area contributed by atoms with E-state index in [1.807, 2.05) is 12.1 Å². The maximum Gasteiger partial charge on any atom is 0.155 e. The number of aryl methyl sites for hydroxylation is 1. The molecule has 1 aromatic carbocycles. The van der Waals surface area contributed by atoms with Crippen molar-refractivity contribution in [2.24, 2.45) is 0 Å². The summed E-state index contributed by atoms with van der Waals surface area (Å²) in [5, 5.41) is 17.3. The van der Waals surface area contributed by atoms with Crippen molar-refractivity contribution in [3.63, 3.8) is 0 Å². The molecule has 4 heteroatoms. The SMILES string of the molecule is CC1CCc2ccccc2N1c1ccc(CO)nn1. The number of fused-ring (bicyclic) bond motifs is 1. The van der Waals surface area contributed by atoms with Crippen molar-refractivity contribution in [3.05, 3.63) is 47.7 Å². The second-order valence-electron chi connectivity index (χ2n) is 4.93. The highest BCUT2D eigenvalue weighted by Crippen LogP contribution is 2.35. The van der Waals surface area contributed by atoms with Gasteiger partial charge in [-0.05, 0) is 43.5 Å². The van der Waals surface area contributed by atoms with Crippen molar-refractivity contribution in [1.29, 1.82) is 0 Å². The van der Waals surface area contributed by atoms with E-state index in [1.54, 1.807) is 0 Å². The van der Waals surface area contributed by atoms with Gasteiger partial charge in [0, 0.05) is 11.7 Å². The number of hydrogen-bond donors (Lipinski definition) is 1. The third-order valence-corrected chi connectivity index (χ3v) is 3.64. The summed E-state index contributed by atoms with van der Waals surface area (Å²) in [7, 11) is 0. The molecule has 19 heavy (non-hydrogen) atoms. The smallest absolute Gasteiger partial charge is 0.155 e. The monoisotopic (exact) mass is 255 g/mol. The van der Waals surface area contributed by atoms with Gasteiger partial charge in [-0.1, -0.05) is 18.2 Å². The molecule has 0 saturated heterocycles. The van der Waals surface area contributed by atoms with Gasteiger partial charge in [0.05, 0.1) is 12.3 Å². The Hall–Kier alpha value is -1.94. The summed E-state index contributed by atoms with van der Waals surface area (Å²) in [6.07, 6.45) is 2.22. The van der Waals surface area contributed by atoms with Crippen molar-refractivity contribution in [2.75, 3.05) is 4.90 Å². The summed E-state index contributed by atoms with van der Waals surface area (Å²) >= 11 is 0. The Morgan fingerprint density at radius 2 is 2.05 bits per heavy atom. The highest BCUT2D eigenvalue weighted by Gasteiger charge is 2.24. The van der Waals surface area contributed by atoms with Crippen LogP contribution in [0.2, 0.25) is 0 Å². The number of aromatic nitrogens is 2. The lowest BCUT2D eigenvalue weighted by Gasteiger charge is -2.35. The average Bonchev–Trinajstić information content (AvgIpc) is 2.47. The summed E-state index contributed by atoms with van der Waals surface area (Å²) in [5.74, 6) is 0.844. The molecule has 4 nitrogen and oxygen atoms in total. The van der Waals surface area contributed by atoms with Gasteiger partial charge in [0.1, 0.15) is 0 Å². The molecular formula is C15H17N3O. The van der Waals surface area contributed by atoms with E-state index in [0.29, 0.717) is 11.7 Å². The van der Waals surface area contributed by atoms with E-state index < -0.39 is 0 Å². The molecule has 3 rings (SSSR count). The van der Waals surface area contributed by atoms with Gasteiger partial charge in [-0.15, -0.1) is 5.10 Å². The highest BCUT2D eigenvalue weighted by molar-refractivity contribution is 5.66. The average molecular weight is 255 g/mol. The molecule has 1 unspecified atom stereocenters. The Bertz CT molecular complexity index is 568. The Balaban J connectivity index is 2.02. The lowest BCUT2D eigenvalue weighted by atomic mass is 9.97. The fourth-order valence-corrected chi connectivity index (χ4v) is 2.60. The summed E-state index contributed by atoms with van der Waals surface area (Å²) in [4.78, 5) is 2.23. The van der Waals surface area contributed by atoms with Crippen LogP contribution in [0.5, 0.6) is 0 Å². The number of hydrogen-bond acceptors (Lipinski definition) is 4. The first-order chi connectivity index (χ1) is 9.29. The first-order valence-electron chi connectivity index (χ1n) is 6.60. The molecule has 1 aliphatic heterocycles. The fourth-order valence-electron chi connectivity index (χ4n) is 2.60. The van der Waals surface area contributed by atoms with E-state index in [9.17, 15) is 0 Å². The lowest BCUT2D eigenvalue weighted by Crippen LogP contribution is -2.33. The maximum absolute atomic E-state index is 9.03. The molecule has 1 aliphatic rings. The van der Waals surface area contributed by atoms with Crippen molar-refractivity contribution >= 4 is 11.5 Å². The largest absolute Gasteiger partial charge is 0.390 e. The summed E-state index contributed by atoms with van der Waals surface area (Å²) < 4.78 is 0. The van der Waals surface area contributed by atoms with Crippen LogP contribution in [0.4, 0.5) is 11.5 Å². The zero-order valence-electron chi connectivity index (χ0n) is 11.0. The van der Waals surface area contributed by atoms with Crippen LogP contribution in [0.15, 0.2) is 36.4 Å². The first-order valence-corrected chi connectivity index (χ1v) is 6.60. The van der Waals surface area contributed by atoms with Gasteiger partial charge in [-0.3, -0.25) is 0 Å². The minimum Gasteiger partial charge on any atom is -0.390 e. The van der Waals surface area contributed by atoms with Gasteiger partial charge < -0.3 is 10.0 Å². The molecule has 2 heterocycles. The van der Waals surface area contributed by atoms with Gasteiger partial charge in [-0.25, -0.2) is 0 Å². The number of rotatable bonds is 2. The third-order valence-electron chi connectivity index (χ3n) is 3.64. The number of anilines is 2. The Morgan fingerprint density at radius 1 is 1.21 bits per heavy atom. The Morgan fingerprint density at radius 3 is 2.79 bits per heavy atom. The lowest BCUT2D eigenvalue weighted by molar-refractivity contribution is 0.275. The number of aliphatic hydroxyl groups is 1. The van der Waals surface area contributed by atoms with Crippen LogP contribution in [-0.4, -0.2) is 21.3 Å². The van der Waals surface area contributed by atoms with Crippen molar-refractivity contribution in [3.8, 4) is 0 Å². The zero-order chi connectivity index (χ0) is 13.2. The molecule has 1 atom stereocenters. The molecule has 2 aromatic rings. The van der Waals surface area contributed by atoms with Crippen molar-refractivity contribution < 1.29 is 5.11 Å². The minimum atomic E-state index is -0.0700. The topological polar surface area (TPSA) is 49.2 Å². The van der Waals surface area contributed by atoms with Crippen LogP contribution in [0, 0.1) is 0 Å². The van der Waals surface area contributed by atoms with Crippen molar-refractivity contribution in [2.45, 2.75) is 32.4 Å². The molecular weight excluding hydrogens is 238 g/mol. The quantitative estimate of drug-likeness (QED) is 0.895. The van der Waals surface area contributed by atoms with Crippen LogP contribution >= 0.6 is 0 Å². The summed E-state index contributed by atoms with van der Waals surface area (Å²) in [5.41, 5.74) is 3.17. The molecule has 0 radical (unpaired) electrons. The standard InChI is InChI=1S/C15H17N3O/c1-11-6-7-12-4-2-3-5-14(12)18(11)15-9-8-13(10-19)16-17-15/h2-5,8-9,11,19H,6-7,10H2,1H3. The minimum absolute atomic E-state index is 0.0700. The first kappa shape index (κ1) is 12.1. The maximum atomic E-state index is 9.03. The van der Waals surface area contributed by atoms with Gasteiger partial charge in [0.25, 0.3) is 0 Å². The molecule has 0 fully saturated rings. The molecule has 0 aliphatic carbocycles. The van der Waals surface area contributed by atoms with E-state index in [2.05, 4.69) is 46.3 Å². The predicted octanol–water partition coefficient (Wildman–Crippen LogP) is 2.44. The summed E-state index contributed by atoms with van der Waals surface area (Å²) in [6, 6.07) is 12.6. The molecule has 1 N–H and O–H groups in total. The van der Waals surface area contributed by atoms with E-state index in [1.165, 1.54) is 11.3 Å². The second-order valence-corrected chi connectivity index (χ2v) is 4.93.